The molecule has 0 radical (unpaired) electrons. The Balaban J connectivity index is 2.23. The first-order valence-corrected chi connectivity index (χ1v) is 6.09. The standard InChI is InChI=1S/C11H20N6O/c1-12-8-13-9(15-10(14-8)17(2)3)16-11(7-18)5-4-6-11/h18H,4-7H2,1-3H3,(H2,12,13,14,15,16). The second-order valence-corrected chi connectivity index (χ2v) is 4.84. The van der Waals surface area contributed by atoms with Crippen molar-refractivity contribution in [3.63, 3.8) is 0 Å². The zero-order chi connectivity index (χ0) is 13.2. The van der Waals surface area contributed by atoms with Crippen molar-refractivity contribution in [1.29, 1.82) is 0 Å². The molecular formula is C11H20N6O. The zero-order valence-electron chi connectivity index (χ0n) is 11.1. The molecule has 7 heteroatoms. The van der Waals surface area contributed by atoms with E-state index in [0.717, 1.165) is 19.3 Å². The Morgan fingerprint density at radius 1 is 1.22 bits per heavy atom. The lowest BCUT2D eigenvalue weighted by Gasteiger charge is -2.40. The molecule has 1 aromatic rings. The summed E-state index contributed by atoms with van der Waals surface area (Å²) in [5, 5.41) is 15.6. The van der Waals surface area contributed by atoms with Crippen molar-refractivity contribution in [2.24, 2.45) is 0 Å². The van der Waals surface area contributed by atoms with Gasteiger partial charge in [0.25, 0.3) is 0 Å². The van der Waals surface area contributed by atoms with Gasteiger partial charge in [-0.05, 0) is 19.3 Å². The first-order valence-electron chi connectivity index (χ1n) is 6.09. The van der Waals surface area contributed by atoms with Crippen molar-refractivity contribution in [2.75, 3.05) is 43.3 Å². The minimum absolute atomic E-state index is 0.102. The maximum Gasteiger partial charge on any atom is 0.231 e. The molecule has 7 nitrogen and oxygen atoms in total. The normalized spacial score (nSPS) is 16.9. The third-order valence-electron chi connectivity index (χ3n) is 3.24. The summed E-state index contributed by atoms with van der Waals surface area (Å²) in [7, 11) is 5.52. The van der Waals surface area contributed by atoms with Gasteiger partial charge < -0.3 is 20.6 Å². The highest BCUT2D eigenvalue weighted by Crippen LogP contribution is 2.34. The quantitative estimate of drug-likeness (QED) is 0.695. The van der Waals surface area contributed by atoms with Crippen LogP contribution in [0, 0.1) is 0 Å². The van der Waals surface area contributed by atoms with Crippen LogP contribution in [-0.4, -0.2) is 53.3 Å². The number of anilines is 3. The van der Waals surface area contributed by atoms with Gasteiger partial charge in [-0.1, -0.05) is 0 Å². The van der Waals surface area contributed by atoms with Gasteiger partial charge in [-0.2, -0.15) is 15.0 Å². The second kappa shape index (κ2) is 4.93. The van der Waals surface area contributed by atoms with Crippen molar-refractivity contribution in [1.82, 2.24) is 15.0 Å². The van der Waals surface area contributed by atoms with Crippen LogP contribution in [0.15, 0.2) is 0 Å². The summed E-state index contributed by atoms with van der Waals surface area (Å²) < 4.78 is 0. The molecule has 18 heavy (non-hydrogen) atoms. The average molecular weight is 252 g/mol. The van der Waals surface area contributed by atoms with Gasteiger partial charge in [0.1, 0.15) is 0 Å². The van der Waals surface area contributed by atoms with Crippen LogP contribution in [0.1, 0.15) is 19.3 Å². The molecule has 1 heterocycles. The van der Waals surface area contributed by atoms with Crippen LogP contribution in [-0.2, 0) is 0 Å². The number of aliphatic hydroxyl groups excluding tert-OH is 1. The SMILES string of the molecule is CNc1nc(NC2(CO)CCC2)nc(N(C)C)n1. The highest BCUT2D eigenvalue weighted by Gasteiger charge is 2.37. The van der Waals surface area contributed by atoms with Crippen molar-refractivity contribution >= 4 is 17.8 Å². The van der Waals surface area contributed by atoms with E-state index in [1.807, 2.05) is 19.0 Å². The van der Waals surface area contributed by atoms with Crippen molar-refractivity contribution < 1.29 is 5.11 Å². The summed E-state index contributed by atoms with van der Waals surface area (Å²) >= 11 is 0. The highest BCUT2D eigenvalue weighted by molar-refractivity contribution is 5.44. The molecule has 1 fully saturated rings. The van der Waals surface area contributed by atoms with Crippen LogP contribution < -0.4 is 15.5 Å². The van der Waals surface area contributed by atoms with Crippen LogP contribution >= 0.6 is 0 Å². The van der Waals surface area contributed by atoms with Gasteiger partial charge in [-0.3, -0.25) is 0 Å². The van der Waals surface area contributed by atoms with E-state index >= 15 is 0 Å². The van der Waals surface area contributed by atoms with Crippen molar-refractivity contribution in [2.45, 2.75) is 24.8 Å². The minimum atomic E-state index is -0.254. The maximum atomic E-state index is 9.44. The number of rotatable bonds is 5. The van der Waals surface area contributed by atoms with E-state index in [0.29, 0.717) is 17.8 Å². The molecule has 0 amide bonds. The second-order valence-electron chi connectivity index (χ2n) is 4.84. The fourth-order valence-electron chi connectivity index (χ4n) is 1.90. The van der Waals surface area contributed by atoms with E-state index in [4.69, 9.17) is 0 Å². The molecule has 0 saturated heterocycles. The molecule has 1 aliphatic rings. The number of hydrogen-bond donors (Lipinski definition) is 3. The molecule has 1 saturated carbocycles. The molecule has 0 aromatic carbocycles. The Bertz CT molecular complexity index is 412. The van der Waals surface area contributed by atoms with Crippen LogP contribution in [0.4, 0.5) is 17.8 Å². The van der Waals surface area contributed by atoms with Gasteiger partial charge >= 0.3 is 0 Å². The molecule has 2 rings (SSSR count). The van der Waals surface area contributed by atoms with E-state index < -0.39 is 0 Å². The van der Waals surface area contributed by atoms with Crippen LogP contribution in [0.3, 0.4) is 0 Å². The molecule has 100 valence electrons. The van der Waals surface area contributed by atoms with Gasteiger partial charge in [0.05, 0.1) is 12.1 Å². The summed E-state index contributed by atoms with van der Waals surface area (Å²) in [5.74, 6) is 1.61. The Labute approximate surface area is 107 Å². The monoisotopic (exact) mass is 252 g/mol. The van der Waals surface area contributed by atoms with Gasteiger partial charge in [0.15, 0.2) is 0 Å². The molecular weight excluding hydrogens is 232 g/mol. The Kier molecular flexibility index (Phi) is 3.51. The van der Waals surface area contributed by atoms with Crippen LogP contribution in [0.5, 0.6) is 0 Å². The first kappa shape index (κ1) is 12.8. The number of nitrogens with one attached hydrogen (secondary N) is 2. The zero-order valence-corrected chi connectivity index (χ0v) is 11.1. The highest BCUT2D eigenvalue weighted by atomic mass is 16.3. The lowest BCUT2D eigenvalue weighted by Crippen LogP contribution is -2.48. The first-order chi connectivity index (χ1) is 8.58. The van der Waals surface area contributed by atoms with Gasteiger partial charge in [-0.25, -0.2) is 0 Å². The van der Waals surface area contributed by atoms with Crippen molar-refractivity contribution in [3.05, 3.63) is 0 Å². The van der Waals surface area contributed by atoms with E-state index in [2.05, 4.69) is 25.6 Å². The van der Waals surface area contributed by atoms with Gasteiger partial charge in [0.2, 0.25) is 17.8 Å². The van der Waals surface area contributed by atoms with Crippen LogP contribution in [0.2, 0.25) is 0 Å². The smallest absolute Gasteiger partial charge is 0.231 e. The number of nitrogens with zero attached hydrogens (tertiary/aromatic N) is 4. The Hall–Kier alpha value is -1.63. The molecule has 0 bridgehead atoms. The molecule has 0 unspecified atom stereocenters. The van der Waals surface area contributed by atoms with Gasteiger partial charge in [-0.15, -0.1) is 0 Å². The molecule has 0 spiro atoms. The fourth-order valence-corrected chi connectivity index (χ4v) is 1.90. The van der Waals surface area contributed by atoms with Gasteiger partial charge in [0, 0.05) is 21.1 Å². The predicted molar refractivity (Wildman–Crippen MR) is 71.0 cm³/mol. The van der Waals surface area contributed by atoms with E-state index in [1.54, 1.807) is 7.05 Å². The number of hydrogen-bond acceptors (Lipinski definition) is 7. The summed E-state index contributed by atoms with van der Waals surface area (Å²) in [6.45, 7) is 0.102. The van der Waals surface area contributed by atoms with Crippen LogP contribution in [0.25, 0.3) is 0 Å². The largest absolute Gasteiger partial charge is 0.394 e. The third-order valence-corrected chi connectivity index (χ3v) is 3.24. The predicted octanol–water partition coefficient (Wildman–Crippen LogP) is 0.306. The summed E-state index contributed by atoms with van der Waals surface area (Å²) in [5.41, 5.74) is -0.254. The average Bonchev–Trinajstić information content (AvgIpc) is 2.33. The molecule has 0 aliphatic heterocycles. The maximum absolute atomic E-state index is 9.44. The van der Waals surface area contributed by atoms with Crippen molar-refractivity contribution in [3.8, 4) is 0 Å². The fraction of sp³-hybridized carbons (Fsp3) is 0.727. The molecule has 1 aliphatic carbocycles. The third kappa shape index (κ3) is 2.45. The molecule has 3 N–H and O–H groups in total. The topological polar surface area (TPSA) is 86.2 Å². The summed E-state index contributed by atoms with van der Waals surface area (Å²) in [6, 6.07) is 0. The Morgan fingerprint density at radius 3 is 2.33 bits per heavy atom. The summed E-state index contributed by atoms with van der Waals surface area (Å²) in [4.78, 5) is 14.7. The number of aliphatic hydroxyl groups is 1. The summed E-state index contributed by atoms with van der Waals surface area (Å²) in [6.07, 6.45) is 3.01. The van der Waals surface area contributed by atoms with E-state index in [1.165, 1.54) is 0 Å². The van der Waals surface area contributed by atoms with E-state index in [9.17, 15) is 5.11 Å². The number of aromatic nitrogens is 3. The molecule has 1 aromatic heterocycles. The minimum Gasteiger partial charge on any atom is -0.394 e. The van der Waals surface area contributed by atoms with E-state index in [-0.39, 0.29) is 12.1 Å². The lowest BCUT2D eigenvalue weighted by molar-refractivity contribution is 0.143. The molecule has 0 atom stereocenters. The lowest BCUT2D eigenvalue weighted by atomic mass is 9.77. The Morgan fingerprint density at radius 2 is 1.89 bits per heavy atom.